The number of ether oxygens (including phenoxy) is 1. The van der Waals surface area contributed by atoms with E-state index in [-0.39, 0.29) is 11.4 Å². The minimum atomic E-state index is -0.901. The Labute approximate surface area is 116 Å². The summed E-state index contributed by atoms with van der Waals surface area (Å²) >= 11 is 0. The third kappa shape index (κ3) is 4.04. The van der Waals surface area contributed by atoms with Crippen LogP contribution < -0.4 is 4.90 Å². The summed E-state index contributed by atoms with van der Waals surface area (Å²) in [4.78, 5) is 34.4. The number of nitro groups is 1. The molecule has 0 aromatic heterocycles. The number of nitrogens with zero attached hydrogens (tertiary/aromatic N) is 2. The Morgan fingerprint density at radius 1 is 1.40 bits per heavy atom. The molecule has 0 aliphatic rings. The van der Waals surface area contributed by atoms with E-state index in [0.29, 0.717) is 4.90 Å². The Balaban J connectivity index is 3.15. The first-order valence-corrected chi connectivity index (χ1v) is 5.81. The van der Waals surface area contributed by atoms with Gasteiger partial charge >= 0.3 is 6.09 Å². The highest BCUT2D eigenvalue weighted by Crippen LogP contribution is 2.22. The Kier molecular flexibility index (Phi) is 4.44. The molecule has 0 spiro atoms. The van der Waals surface area contributed by atoms with E-state index in [2.05, 4.69) is 6.07 Å². The Morgan fingerprint density at radius 2 is 2.00 bits per heavy atom. The second-order valence-electron chi connectivity index (χ2n) is 5.02. The largest absolute Gasteiger partial charge is 0.443 e. The molecule has 1 aromatic carbocycles. The van der Waals surface area contributed by atoms with Crippen LogP contribution in [0.3, 0.4) is 0 Å². The fourth-order valence-corrected chi connectivity index (χ4v) is 1.39. The van der Waals surface area contributed by atoms with Crippen LogP contribution in [0.1, 0.15) is 27.7 Å². The summed E-state index contributed by atoms with van der Waals surface area (Å²) in [6.07, 6.45) is -0.901. The van der Waals surface area contributed by atoms with Crippen LogP contribution in [0.2, 0.25) is 0 Å². The number of imide groups is 1. The van der Waals surface area contributed by atoms with Crippen molar-refractivity contribution in [2.45, 2.75) is 33.3 Å². The first-order chi connectivity index (χ1) is 9.11. The van der Waals surface area contributed by atoms with Gasteiger partial charge in [-0.05, 0) is 26.8 Å². The van der Waals surface area contributed by atoms with E-state index in [9.17, 15) is 19.7 Å². The predicted octanol–water partition coefficient (Wildman–Crippen LogP) is 2.68. The monoisotopic (exact) mass is 279 g/mol. The molecule has 0 aliphatic heterocycles. The van der Waals surface area contributed by atoms with Gasteiger partial charge in [-0.15, -0.1) is 0 Å². The fraction of sp³-hybridized carbons (Fsp3) is 0.385. The van der Waals surface area contributed by atoms with Crippen LogP contribution in [-0.4, -0.2) is 22.5 Å². The maximum Gasteiger partial charge on any atom is 0.421 e. The predicted molar refractivity (Wildman–Crippen MR) is 71.3 cm³/mol. The van der Waals surface area contributed by atoms with Crippen molar-refractivity contribution >= 4 is 23.4 Å². The topological polar surface area (TPSA) is 89.8 Å². The first kappa shape index (κ1) is 15.6. The van der Waals surface area contributed by atoms with E-state index < -0.39 is 22.5 Å². The molecule has 1 aromatic rings. The van der Waals surface area contributed by atoms with Gasteiger partial charge in [0.25, 0.3) is 5.69 Å². The summed E-state index contributed by atoms with van der Waals surface area (Å²) in [6.45, 7) is 6.12. The summed E-state index contributed by atoms with van der Waals surface area (Å²) in [5, 5.41) is 10.7. The van der Waals surface area contributed by atoms with E-state index in [1.165, 1.54) is 12.1 Å². The second kappa shape index (κ2) is 5.68. The van der Waals surface area contributed by atoms with Crippen molar-refractivity contribution in [2.75, 3.05) is 4.90 Å². The molecular weight excluding hydrogens is 264 g/mol. The molecule has 20 heavy (non-hydrogen) atoms. The molecule has 0 heterocycles. The molecule has 0 bridgehead atoms. The molecule has 0 fully saturated rings. The summed E-state index contributed by atoms with van der Waals surface area (Å²) in [5.41, 5.74) is -1.06. The Bertz CT molecular complexity index is 548. The van der Waals surface area contributed by atoms with Crippen LogP contribution in [-0.2, 0) is 9.53 Å². The van der Waals surface area contributed by atoms with Gasteiger partial charge in [0.15, 0.2) is 0 Å². The highest BCUT2D eigenvalue weighted by molar-refractivity contribution is 6.11. The maximum absolute atomic E-state index is 12.0. The SMILES string of the molecule is CC(=O)N(C(=O)OC(C)(C)C)c1[c]ccc([N+](=O)[O-])c1. The number of hydrogen-bond donors (Lipinski definition) is 0. The summed E-state index contributed by atoms with van der Waals surface area (Å²) < 4.78 is 5.09. The maximum atomic E-state index is 12.0. The number of benzene rings is 1. The van der Waals surface area contributed by atoms with E-state index >= 15 is 0 Å². The lowest BCUT2D eigenvalue weighted by Crippen LogP contribution is -2.39. The molecule has 107 valence electrons. The van der Waals surface area contributed by atoms with Gasteiger partial charge in [-0.25, -0.2) is 9.69 Å². The first-order valence-electron chi connectivity index (χ1n) is 5.81. The fourth-order valence-electron chi connectivity index (χ4n) is 1.39. The molecule has 7 nitrogen and oxygen atoms in total. The van der Waals surface area contributed by atoms with Crippen molar-refractivity contribution in [3.8, 4) is 0 Å². The molecule has 0 atom stereocenters. The van der Waals surface area contributed by atoms with E-state index in [4.69, 9.17) is 4.74 Å². The van der Waals surface area contributed by atoms with Gasteiger partial charge in [0, 0.05) is 25.1 Å². The Hall–Kier alpha value is -2.44. The smallest absolute Gasteiger partial charge is 0.421 e. The number of amides is 2. The van der Waals surface area contributed by atoms with Gasteiger partial charge < -0.3 is 4.74 Å². The third-order valence-corrected chi connectivity index (χ3v) is 2.11. The molecule has 0 saturated heterocycles. The van der Waals surface area contributed by atoms with Crippen LogP contribution in [0.4, 0.5) is 16.2 Å². The lowest BCUT2D eigenvalue weighted by molar-refractivity contribution is -0.384. The molecule has 1 radical (unpaired) electrons. The minimum absolute atomic E-state index is 0.0269. The van der Waals surface area contributed by atoms with Gasteiger partial charge in [-0.2, -0.15) is 0 Å². The van der Waals surface area contributed by atoms with Gasteiger partial charge in [-0.3, -0.25) is 14.9 Å². The van der Waals surface area contributed by atoms with Gasteiger partial charge in [-0.1, -0.05) is 0 Å². The minimum Gasteiger partial charge on any atom is -0.443 e. The lowest BCUT2D eigenvalue weighted by Gasteiger charge is -2.25. The number of anilines is 1. The number of non-ortho nitro benzene ring substituents is 1. The third-order valence-electron chi connectivity index (χ3n) is 2.11. The molecule has 0 unspecified atom stereocenters. The van der Waals surface area contributed by atoms with Crippen LogP contribution in [0.15, 0.2) is 18.2 Å². The zero-order valence-electron chi connectivity index (χ0n) is 11.7. The van der Waals surface area contributed by atoms with E-state index in [1.807, 2.05) is 0 Å². The molecule has 2 amide bonds. The van der Waals surface area contributed by atoms with Crippen molar-refractivity contribution in [1.82, 2.24) is 0 Å². The van der Waals surface area contributed by atoms with Crippen molar-refractivity contribution < 1.29 is 19.2 Å². The normalized spacial score (nSPS) is 10.8. The zero-order valence-corrected chi connectivity index (χ0v) is 11.7. The van der Waals surface area contributed by atoms with Crippen molar-refractivity contribution in [3.63, 3.8) is 0 Å². The number of carbonyl (C=O) groups excluding carboxylic acids is 2. The van der Waals surface area contributed by atoms with E-state index in [1.54, 1.807) is 20.8 Å². The van der Waals surface area contributed by atoms with E-state index in [0.717, 1.165) is 13.0 Å². The standard InChI is InChI=1S/C13H15N2O5/c1-9(16)14(12(17)20-13(2,3)4)10-6-5-7-11(8-10)15(18)19/h5,7-8H,1-4H3. The van der Waals surface area contributed by atoms with Crippen LogP contribution in [0, 0.1) is 16.2 Å². The molecule has 0 N–H and O–H groups in total. The Morgan fingerprint density at radius 3 is 2.45 bits per heavy atom. The molecular formula is C13H15N2O5. The summed E-state index contributed by atoms with van der Waals surface area (Å²) in [5.74, 6) is -0.615. The second-order valence-corrected chi connectivity index (χ2v) is 5.02. The lowest BCUT2D eigenvalue weighted by atomic mass is 10.2. The number of nitro benzene ring substituents is 1. The van der Waals surface area contributed by atoms with Crippen LogP contribution in [0.25, 0.3) is 0 Å². The number of rotatable bonds is 2. The summed E-state index contributed by atoms with van der Waals surface area (Å²) in [6, 6.07) is 6.19. The highest BCUT2D eigenvalue weighted by atomic mass is 16.6. The number of carbonyl (C=O) groups is 2. The van der Waals surface area contributed by atoms with Crippen LogP contribution in [0.5, 0.6) is 0 Å². The summed E-state index contributed by atoms with van der Waals surface area (Å²) in [7, 11) is 0. The average Bonchev–Trinajstić information content (AvgIpc) is 2.26. The average molecular weight is 279 g/mol. The highest BCUT2D eigenvalue weighted by Gasteiger charge is 2.27. The van der Waals surface area contributed by atoms with Crippen LogP contribution >= 0.6 is 0 Å². The molecule has 1 rings (SSSR count). The van der Waals surface area contributed by atoms with Gasteiger partial charge in [0.05, 0.1) is 10.6 Å². The molecule has 0 aliphatic carbocycles. The van der Waals surface area contributed by atoms with Crippen molar-refractivity contribution in [1.29, 1.82) is 0 Å². The number of hydrogen-bond acceptors (Lipinski definition) is 5. The quantitative estimate of drug-likeness (QED) is 0.613. The zero-order chi connectivity index (χ0) is 15.5. The van der Waals surface area contributed by atoms with Crippen molar-refractivity contribution in [3.05, 3.63) is 34.4 Å². The van der Waals surface area contributed by atoms with Gasteiger partial charge in [0.2, 0.25) is 5.91 Å². The molecule has 7 heteroatoms. The molecule has 0 saturated carbocycles. The van der Waals surface area contributed by atoms with Crippen molar-refractivity contribution in [2.24, 2.45) is 0 Å². The van der Waals surface area contributed by atoms with Gasteiger partial charge in [0.1, 0.15) is 5.60 Å².